The second kappa shape index (κ2) is 24.9. The van der Waals surface area contributed by atoms with Crippen LogP contribution in [0.25, 0.3) is 0 Å². The molecule has 0 aliphatic heterocycles. The Balaban J connectivity index is -0.000000528. The Morgan fingerprint density at radius 2 is 1.43 bits per heavy atom. The summed E-state index contributed by atoms with van der Waals surface area (Å²) in [4.78, 5) is 46.6. The normalized spacial score (nSPS) is 11.7. The average molecular weight is 506 g/mol. The number of urea groups is 1. The van der Waals surface area contributed by atoms with Crippen LogP contribution in [-0.2, 0) is 14.4 Å². The van der Waals surface area contributed by atoms with Gasteiger partial charge in [0.25, 0.3) is 0 Å². The van der Waals surface area contributed by atoms with E-state index in [0.29, 0.717) is 19.4 Å². The molecular weight excluding hydrogens is 450 g/mol. The van der Waals surface area contributed by atoms with Crippen molar-refractivity contribution >= 4 is 23.6 Å². The third kappa shape index (κ3) is 27.9. The van der Waals surface area contributed by atoms with E-state index in [-0.39, 0.29) is 37.0 Å². The van der Waals surface area contributed by atoms with Gasteiger partial charge in [-0.2, -0.15) is 0 Å². The van der Waals surface area contributed by atoms with Gasteiger partial charge in [-0.1, -0.05) is 48.5 Å². The number of hydrogen-bond donors (Lipinski definition) is 6. The van der Waals surface area contributed by atoms with Crippen LogP contribution < -0.4 is 27.0 Å². The van der Waals surface area contributed by atoms with Crippen molar-refractivity contribution in [1.82, 2.24) is 21.3 Å². The molecule has 0 bridgehead atoms. The van der Waals surface area contributed by atoms with Gasteiger partial charge in [-0.3, -0.25) is 14.4 Å². The Morgan fingerprint density at radius 3 is 1.80 bits per heavy atom. The summed E-state index contributed by atoms with van der Waals surface area (Å²) >= 11 is 0. The highest BCUT2D eigenvalue weighted by atomic mass is 16.3. The molecule has 0 rings (SSSR count). The number of hydrogen-bond acceptors (Lipinski definition) is 6. The van der Waals surface area contributed by atoms with E-state index < -0.39 is 23.7 Å². The molecule has 0 saturated heterocycles. The van der Waals surface area contributed by atoms with E-state index in [2.05, 4.69) is 42.0 Å². The number of aliphatic hydroxyl groups excluding tert-OH is 1. The lowest BCUT2D eigenvalue weighted by molar-refractivity contribution is -0.128. The number of amides is 4. The summed E-state index contributed by atoms with van der Waals surface area (Å²) in [7, 11) is 1.61. The number of primary amides is 1. The quantitative estimate of drug-likeness (QED) is 0.211. The van der Waals surface area contributed by atoms with E-state index in [4.69, 9.17) is 5.73 Å². The minimum Gasteiger partial charge on any atom is -0.394 e. The molecule has 0 radical (unpaired) electrons. The van der Waals surface area contributed by atoms with Crippen LogP contribution in [0.1, 0.15) is 94.9 Å². The first-order valence-electron chi connectivity index (χ1n) is 12.7. The van der Waals surface area contributed by atoms with Crippen molar-refractivity contribution < 1.29 is 24.3 Å². The van der Waals surface area contributed by atoms with E-state index in [1.54, 1.807) is 20.9 Å². The number of aliphatic hydroxyl groups is 1. The average Bonchev–Trinajstić information content (AvgIpc) is 2.78. The van der Waals surface area contributed by atoms with Crippen molar-refractivity contribution in [3.8, 4) is 0 Å². The summed E-state index contributed by atoms with van der Waals surface area (Å²) in [6.45, 7) is 19.4. The van der Waals surface area contributed by atoms with Crippen LogP contribution in [0.5, 0.6) is 0 Å². The molecule has 35 heavy (non-hydrogen) atoms. The number of rotatable bonds is 13. The maximum absolute atomic E-state index is 12.2. The molecule has 10 nitrogen and oxygen atoms in total. The Bertz CT molecular complexity index is 566. The molecule has 10 heteroatoms. The van der Waals surface area contributed by atoms with Gasteiger partial charge in [0.2, 0.25) is 11.8 Å². The van der Waals surface area contributed by atoms with Gasteiger partial charge in [0, 0.05) is 13.0 Å². The topological polar surface area (TPSA) is 163 Å². The second-order valence-electron chi connectivity index (χ2n) is 8.81. The Morgan fingerprint density at radius 1 is 0.943 bits per heavy atom. The predicted molar refractivity (Wildman–Crippen MR) is 144 cm³/mol. The molecule has 0 saturated carbocycles. The largest absolute Gasteiger partial charge is 0.394 e. The van der Waals surface area contributed by atoms with Gasteiger partial charge in [0.15, 0.2) is 5.78 Å². The third-order valence-corrected chi connectivity index (χ3v) is 3.98. The van der Waals surface area contributed by atoms with E-state index in [9.17, 15) is 24.3 Å². The molecule has 0 aromatic rings. The third-order valence-electron chi connectivity index (χ3n) is 3.98. The van der Waals surface area contributed by atoms with Crippen molar-refractivity contribution in [1.29, 1.82) is 0 Å². The van der Waals surface area contributed by atoms with Crippen molar-refractivity contribution in [2.75, 3.05) is 20.2 Å². The zero-order chi connectivity index (χ0) is 28.6. The van der Waals surface area contributed by atoms with Gasteiger partial charge in [-0.15, -0.1) is 0 Å². The van der Waals surface area contributed by atoms with Gasteiger partial charge in [0.05, 0.1) is 24.2 Å². The minimum absolute atomic E-state index is 0.0573. The number of Topliss-reactive ketones (excluding diaryl/α,β-unsaturated/α-hetero) is 1. The fourth-order valence-electron chi connectivity index (χ4n) is 2.30. The number of carbonyl (C=O) groups excluding carboxylic acids is 4. The summed E-state index contributed by atoms with van der Waals surface area (Å²) in [5.74, 6) is -0.00690. The van der Waals surface area contributed by atoms with Crippen LogP contribution in [0, 0.1) is 5.92 Å². The highest BCUT2D eigenvalue weighted by Gasteiger charge is 2.25. The maximum Gasteiger partial charge on any atom is 0.312 e. The maximum atomic E-state index is 12.2. The molecule has 2 atom stereocenters. The van der Waals surface area contributed by atoms with Gasteiger partial charge >= 0.3 is 6.03 Å². The van der Waals surface area contributed by atoms with Crippen LogP contribution >= 0.6 is 0 Å². The molecule has 0 aliphatic carbocycles. The highest BCUT2D eigenvalue weighted by Crippen LogP contribution is 2.05. The van der Waals surface area contributed by atoms with Crippen LogP contribution in [0.4, 0.5) is 4.79 Å². The van der Waals surface area contributed by atoms with Crippen molar-refractivity contribution in [3.05, 3.63) is 0 Å². The van der Waals surface area contributed by atoms with Gasteiger partial charge in [-0.25, -0.2) is 4.79 Å². The number of ketones is 1. The van der Waals surface area contributed by atoms with Crippen LogP contribution in [0.3, 0.4) is 0 Å². The van der Waals surface area contributed by atoms with Crippen LogP contribution in [0.2, 0.25) is 0 Å². The molecule has 0 aromatic carbocycles. The summed E-state index contributed by atoms with van der Waals surface area (Å²) in [6.07, 6.45) is 1.17. The Kier molecular flexibility index (Phi) is 28.5. The van der Waals surface area contributed by atoms with Crippen LogP contribution in [-0.4, -0.2) is 66.6 Å². The first-order chi connectivity index (χ1) is 16.3. The van der Waals surface area contributed by atoms with Gasteiger partial charge in [0.1, 0.15) is 0 Å². The van der Waals surface area contributed by atoms with E-state index >= 15 is 0 Å². The zero-order valence-corrected chi connectivity index (χ0v) is 24.1. The first kappa shape index (κ1) is 40.0. The van der Waals surface area contributed by atoms with Gasteiger partial charge in [-0.05, 0) is 53.0 Å². The summed E-state index contributed by atoms with van der Waals surface area (Å²) in [5.41, 5.74) is 4.21. The lowest BCUT2D eigenvalue weighted by Crippen LogP contribution is -2.53. The minimum atomic E-state index is -0.757. The van der Waals surface area contributed by atoms with E-state index in [1.165, 1.54) is 6.92 Å². The lowest BCUT2D eigenvalue weighted by atomic mass is 10.0. The van der Waals surface area contributed by atoms with Crippen molar-refractivity contribution in [3.63, 3.8) is 0 Å². The summed E-state index contributed by atoms with van der Waals surface area (Å²) in [5, 5.41) is 19.8. The van der Waals surface area contributed by atoms with Crippen molar-refractivity contribution in [2.45, 2.75) is 113 Å². The molecule has 0 aromatic heterocycles. The van der Waals surface area contributed by atoms with E-state index in [0.717, 1.165) is 5.92 Å². The predicted octanol–water partition coefficient (Wildman–Crippen LogP) is 2.48. The molecule has 4 amide bonds. The lowest BCUT2D eigenvalue weighted by Gasteiger charge is -2.26. The summed E-state index contributed by atoms with van der Waals surface area (Å²) < 4.78 is 0. The standard InChI is InChI=1S/C17H33N5O5.C4H10.2C2H6/c1-11(24)12(6-5-9-20-16(18)27)21-14(25)8-7-13(19-4)15(26)22-17(2,3)10-23;1-4(2)3;2*1-2/h12-13,19,23H,5-10H2,1-4H3,(H,21,25)(H,22,26)(H3,18,20,27);4H,1-3H3;2*1-2H3. The number of carbonyl (C=O) groups is 4. The van der Waals surface area contributed by atoms with Gasteiger partial charge < -0.3 is 32.1 Å². The molecule has 0 fully saturated rings. The monoisotopic (exact) mass is 505 g/mol. The molecular formula is C25H55N5O5. The fourth-order valence-corrected chi connectivity index (χ4v) is 2.30. The smallest absolute Gasteiger partial charge is 0.312 e. The molecule has 0 aliphatic rings. The Hall–Kier alpha value is -2.20. The molecule has 0 heterocycles. The SMILES string of the molecule is CC.CC.CC(C)C.CNC(CCC(=O)NC(CCCNC(N)=O)C(C)=O)C(=O)NC(C)(C)CO. The van der Waals surface area contributed by atoms with E-state index in [1.807, 2.05) is 27.7 Å². The molecule has 0 spiro atoms. The Labute approximate surface area is 213 Å². The molecule has 7 N–H and O–H groups in total. The summed E-state index contributed by atoms with van der Waals surface area (Å²) in [6, 6.07) is -1.89. The number of nitrogens with one attached hydrogen (secondary N) is 4. The molecule has 2 unspecified atom stereocenters. The fraction of sp³-hybridized carbons (Fsp3) is 0.840. The van der Waals surface area contributed by atoms with Crippen molar-refractivity contribution in [2.24, 2.45) is 11.7 Å². The number of nitrogens with two attached hydrogens (primary N) is 1. The molecule has 210 valence electrons. The zero-order valence-electron chi connectivity index (χ0n) is 24.1. The van der Waals surface area contributed by atoms with Crippen LogP contribution in [0.15, 0.2) is 0 Å². The second-order valence-corrected chi connectivity index (χ2v) is 8.81. The first-order valence-corrected chi connectivity index (χ1v) is 12.7. The number of likely N-dealkylation sites (N-methyl/N-ethyl adjacent to an activating group) is 1. The highest BCUT2D eigenvalue weighted by molar-refractivity contribution is 5.88.